The molecule has 3 N–H and O–H groups in total. The zero-order chi connectivity index (χ0) is 12.0. The van der Waals surface area contributed by atoms with Crippen molar-refractivity contribution in [1.29, 1.82) is 0 Å². The maximum Gasteiger partial charge on any atom is 0.306 e. The first-order valence-corrected chi connectivity index (χ1v) is 6.18. The van der Waals surface area contributed by atoms with Crippen molar-refractivity contribution in [3.8, 4) is 0 Å². The van der Waals surface area contributed by atoms with E-state index in [0.717, 1.165) is 12.5 Å². The van der Waals surface area contributed by atoms with E-state index in [-0.39, 0.29) is 6.42 Å². The highest BCUT2D eigenvalue weighted by Gasteiger charge is 2.18. The van der Waals surface area contributed by atoms with Crippen molar-refractivity contribution in [3.63, 3.8) is 0 Å². The molecule has 1 saturated carbocycles. The molecule has 1 aliphatic carbocycles. The van der Waals surface area contributed by atoms with Crippen LogP contribution in [0.2, 0.25) is 0 Å². The number of nitrogens with one attached hydrogen (secondary N) is 1. The lowest BCUT2D eigenvalue weighted by molar-refractivity contribution is -0.139. The predicted octanol–water partition coefficient (Wildman–Crippen LogP) is 1.24. The average molecular weight is 229 g/mol. The van der Waals surface area contributed by atoms with Crippen LogP contribution in [0.1, 0.15) is 39.0 Å². The summed E-state index contributed by atoms with van der Waals surface area (Å²) in [4.78, 5) is 10.3. The molecule has 0 aromatic rings. The molecule has 0 aromatic carbocycles. The molecule has 0 radical (unpaired) electrons. The van der Waals surface area contributed by atoms with Crippen molar-refractivity contribution in [3.05, 3.63) is 0 Å². The molecule has 0 saturated heterocycles. The van der Waals surface area contributed by atoms with Gasteiger partial charge in [0.15, 0.2) is 0 Å². The molecule has 0 aliphatic heterocycles. The SMILES string of the molecule is CC1CCCC(CNCC(O)CC(=O)O)C1. The second kappa shape index (κ2) is 6.86. The summed E-state index contributed by atoms with van der Waals surface area (Å²) in [5, 5.41) is 21.0. The van der Waals surface area contributed by atoms with Crippen LogP contribution in [0.3, 0.4) is 0 Å². The molecule has 0 bridgehead atoms. The molecular weight excluding hydrogens is 206 g/mol. The van der Waals surface area contributed by atoms with Crippen molar-refractivity contribution in [2.75, 3.05) is 13.1 Å². The van der Waals surface area contributed by atoms with Gasteiger partial charge in [-0.1, -0.05) is 19.8 Å². The highest BCUT2D eigenvalue weighted by molar-refractivity contribution is 5.67. The quantitative estimate of drug-likeness (QED) is 0.641. The van der Waals surface area contributed by atoms with Gasteiger partial charge in [0.2, 0.25) is 0 Å². The topological polar surface area (TPSA) is 69.6 Å². The summed E-state index contributed by atoms with van der Waals surface area (Å²) in [5.74, 6) is 0.561. The summed E-state index contributed by atoms with van der Waals surface area (Å²) in [7, 11) is 0. The van der Waals surface area contributed by atoms with E-state index in [1.165, 1.54) is 25.7 Å². The fourth-order valence-electron chi connectivity index (χ4n) is 2.47. The third kappa shape index (κ3) is 5.47. The molecular formula is C12H23NO3. The second-order valence-corrected chi connectivity index (χ2v) is 5.05. The maximum absolute atomic E-state index is 10.3. The molecule has 1 rings (SSSR count). The smallest absolute Gasteiger partial charge is 0.306 e. The van der Waals surface area contributed by atoms with Crippen LogP contribution in [0.15, 0.2) is 0 Å². The van der Waals surface area contributed by atoms with Gasteiger partial charge in [0.1, 0.15) is 0 Å². The number of carboxylic acids is 1. The fourth-order valence-corrected chi connectivity index (χ4v) is 2.47. The summed E-state index contributed by atoms with van der Waals surface area (Å²) < 4.78 is 0. The lowest BCUT2D eigenvalue weighted by atomic mass is 9.82. The molecule has 0 amide bonds. The first-order chi connectivity index (χ1) is 7.58. The van der Waals surface area contributed by atoms with Crippen LogP contribution in [0.5, 0.6) is 0 Å². The number of hydrogen-bond acceptors (Lipinski definition) is 3. The second-order valence-electron chi connectivity index (χ2n) is 5.05. The third-order valence-corrected chi connectivity index (χ3v) is 3.27. The number of aliphatic hydroxyl groups excluding tert-OH is 1. The van der Waals surface area contributed by atoms with Gasteiger partial charge in [-0.3, -0.25) is 4.79 Å². The molecule has 94 valence electrons. The van der Waals surface area contributed by atoms with Crippen LogP contribution in [0.25, 0.3) is 0 Å². The van der Waals surface area contributed by atoms with Crippen LogP contribution >= 0.6 is 0 Å². The molecule has 16 heavy (non-hydrogen) atoms. The van der Waals surface area contributed by atoms with Crippen LogP contribution in [-0.2, 0) is 4.79 Å². The highest BCUT2D eigenvalue weighted by atomic mass is 16.4. The lowest BCUT2D eigenvalue weighted by Gasteiger charge is -2.27. The third-order valence-electron chi connectivity index (χ3n) is 3.27. The van der Waals surface area contributed by atoms with E-state index in [1.54, 1.807) is 0 Å². The monoisotopic (exact) mass is 229 g/mol. The Morgan fingerprint density at radius 3 is 2.88 bits per heavy atom. The number of carboxylic acid groups (broad SMARTS) is 1. The number of hydrogen-bond donors (Lipinski definition) is 3. The zero-order valence-electron chi connectivity index (χ0n) is 9.98. The van der Waals surface area contributed by atoms with Gasteiger partial charge in [-0.15, -0.1) is 0 Å². The minimum absolute atomic E-state index is 0.173. The first kappa shape index (κ1) is 13.5. The Labute approximate surface area is 97.0 Å². The Hall–Kier alpha value is -0.610. The highest BCUT2D eigenvalue weighted by Crippen LogP contribution is 2.27. The number of carbonyl (C=O) groups is 1. The number of aliphatic carboxylic acids is 1. The molecule has 1 aliphatic rings. The van der Waals surface area contributed by atoms with Crippen LogP contribution in [-0.4, -0.2) is 35.4 Å². The van der Waals surface area contributed by atoms with Crippen molar-refractivity contribution < 1.29 is 15.0 Å². The van der Waals surface area contributed by atoms with Gasteiger partial charge in [-0.05, 0) is 31.2 Å². The number of aliphatic hydroxyl groups is 1. The molecule has 3 unspecified atom stereocenters. The zero-order valence-corrected chi connectivity index (χ0v) is 9.98. The summed E-state index contributed by atoms with van der Waals surface area (Å²) in [5.41, 5.74) is 0. The summed E-state index contributed by atoms with van der Waals surface area (Å²) >= 11 is 0. The Balaban J connectivity index is 2.08. The van der Waals surface area contributed by atoms with Crippen LogP contribution < -0.4 is 5.32 Å². The maximum atomic E-state index is 10.3. The van der Waals surface area contributed by atoms with Gasteiger partial charge in [0.05, 0.1) is 12.5 Å². The van der Waals surface area contributed by atoms with Gasteiger partial charge in [-0.25, -0.2) is 0 Å². The minimum Gasteiger partial charge on any atom is -0.481 e. The largest absolute Gasteiger partial charge is 0.481 e. The molecule has 1 fully saturated rings. The molecule has 0 spiro atoms. The fraction of sp³-hybridized carbons (Fsp3) is 0.917. The molecule has 4 heteroatoms. The van der Waals surface area contributed by atoms with Gasteiger partial charge < -0.3 is 15.5 Å². The Morgan fingerprint density at radius 1 is 1.50 bits per heavy atom. The van der Waals surface area contributed by atoms with Crippen LogP contribution in [0, 0.1) is 11.8 Å². The van der Waals surface area contributed by atoms with E-state index in [9.17, 15) is 9.90 Å². The van der Waals surface area contributed by atoms with E-state index in [4.69, 9.17) is 5.11 Å². The minimum atomic E-state index is -0.944. The van der Waals surface area contributed by atoms with E-state index >= 15 is 0 Å². The van der Waals surface area contributed by atoms with Crippen molar-refractivity contribution in [2.24, 2.45) is 11.8 Å². The van der Waals surface area contributed by atoms with Crippen molar-refractivity contribution in [2.45, 2.75) is 45.1 Å². The molecule has 0 aromatic heterocycles. The van der Waals surface area contributed by atoms with Crippen LogP contribution in [0.4, 0.5) is 0 Å². The Morgan fingerprint density at radius 2 is 2.25 bits per heavy atom. The van der Waals surface area contributed by atoms with Crippen molar-refractivity contribution >= 4 is 5.97 Å². The van der Waals surface area contributed by atoms with Gasteiger partial charge in [0.25, 0.3) is 0 Å². The lowest BCUT2D eigenvalue weighted by Crippen LogP contribution is -2.33. The molecule has 0 heterocycles. The summed E-state index contributed by atoms with van der Waals surface area (Å²) in [6.45, 7) is 3.57. The van der Waals surface area contributed by atoms with Gasteiger partial charge in [0, 0.05) is 6.54 Å². The van der Waals surface area contributed by atoms with Crippen molar-refractivity contribution in [1.82, 2.24) is 5.32 Å². The summed E-state index contributed by atoms with van der Waals surface area (Å²) in [6.07, 6.45) is 4.20. The van der Waals surface area contributed by atoms with E-state index < -0.39 is 12.1 Å². The van der Waals surface area contributed by atoms with E-state index in [2.05, 4.69) is 12.2 Å². The first-order valence-electron chi connectivity index (χ1n) is 6.18. The van der Waals surface area contributed by atoms with E-state index in [0.29, 0.717) is 12.5 Å². The number of rotatable bonds is 6. The molecule has 4 nitrogen and oxygen atoms in total. The predicted molar refractivity (Wildman–Crippen MR) is 62.3 cm³/mol. The Bertz CT molecular complexity index is 220. The van der Waals surface area contributed by atoms with Gasteiger partial charge >= 0.3 is 5.97 Å². The van der Waals surface area contributed by atoms with Gasteiger partial charge in [-0.2, -0.15) is 0 Å². The Kier molecular flexibility index (Phi) is 5.77. The summed E-state index contributed by atoms with van der Waals surface area (Å²) in [6, 6.07) is 0. The average Bonchev–Trinajstić information content (AvgIpc) is 2.16. The normalized spacial score (nSPS) is 27.6. The van der Waals surface area contributed by atoms with E-state index in [1.807, 2.05) is 0 Å². The molecule has 3 atom stereocenters. The standard InChI is InChI=1S/C12H23NO3/c1-9-3-2-4-10(5-9)7-13-8-11(14)6-12(15)16/h9-11,13-14H,2-8H2,1H3,(H,15,16).